The second kappa shape index (κ2) is 5.37. The van der Waals surface area contributed by atoms with Crippen molar-refractivity contribution >= 4 is 17.3 Å². The van der Waals surface area contributed by atoms with Crippen molar-refractivity contribution in [3.05, 3.63) is 22.7 Å². The highest BCUT2D eigenvalue weighted by Crippen LogP contribution is 2.32. The first-order valence-corrected chi connectivity index (χ1v) is 6.70. The van der Waals surface area contributed by atoms with Gasteiger partial charge in [-0.2, -0.15) is 0 Å². The first-order chi connectivity index (χ1) is 8.51. The molecule has 0 aliphatic carbocycles. The normalized spacial score (nSPS) is 24.3. The molecule has 1 heterocycles. The van der Waals surface area contributed by atoms with Crippen LogP contribution in [0.2, 0.25) is 5.02 Å². The number of ether oxygens (including phenoxy) is 1. The summed E-state index contributed by atoms with van der Waals surface area (Å²) in [4.78, 5) is 2.37. The molecular weight excluding hydrogens is 248 g/mol. The number of rotatable bonds is 3. The third kappa shape index (κ3) is 2.73. The zero-order chi connectivity index (χ0) is 13.3. The van der Waals surface area contributed by atoms with Gasteiger partial charge in [0, 0.05) is 29.7 Å². The van der Waals surface area contributed by atoms with E-state index in [9.17, 15) is 0 Å². The predicted octanol–water partition coefficient (Wildman–Crippen LogP) is 3.16. The zero-order valence-corrected chi connectivity index (χ0v) is 12.2. The van der Waals surface area contributed by atoms with Crippen molar-refractivity contribution in [2.24, 2.45) is 0 Å². The van der Waals surface area contributed by atoms with Crippen LogP contribution in [0.1, 0.15) is 18.9 Å². The Hall–Kier alpha value is -0.930. The molecule has 3 nitrogen and oxygen atoms in total. The molecule has 4 heteroatoms. The molecule has 0 spiro atoms. The lowest BCUT2D eigenvalue weighted by molar-refractivity contribution is 0.330. The molecule has 0 aromatic heterocycles. The van der Waals surface area contributed by atoms with Gasteiger partial charge in [0.05, 0.1) is 12.8 Å². The smallest absolute Gasteiger partial charge is 0.143 e. The average Bonchev–Trinajstić information content (AvgIpc) is 2.63. The minimum Gasteiger partial charge on any atom is -0.495 e. The molecule has 0 amide bonds. The van der Waals surface area contributed by atoms with Crippen molar-refractivity contribution in [3.63, 3.8) is 0 Å². The number of likely N-dealkylation sites (tertiary alicyclic amines) is 1. The maximum absolute atomic E-state index is 6.11. The lowest BCUT2D eigenvalue weighted by Crippen LogP contribution is -2.25. The molecule has 100 valence electrons. The highest BCUT2D eigenvalue weighted by molar-refractivity contribution is 6.31. The maximum atomic E-state index is 6.11. The highest BCUT2D eigenvalue weighted by Gasteiger charge is 2.26. The summed E-state index contributed by atoms with van der Waals surface area (Å²) in [5, 5.41) is 4.31. The van der Waals surface area contributed by atoms with Crippen LogP contribution in [0.3, 0.4) is 0 Å². The molecule has 1 aliphatic rings. The zero-order valence-electron chi connectivity index (χ0n) is 11.5. The van der Waals surface area contributed by atoms with Crippen LogP contribution in [0.25, 0.3) is 0 Å². The van der Waals surface area contributed by atoms with Crippen molar-refractivity contribution in [1.82, 2.24) is 4.90 Å². The van der Waals surface area contributed by atoms with E-state index in [1.807, 2.05) is 13.0 Å². The van der Waals surface area contributed by atoms with Gasteiger partial charge in [-0.1, -0.05) is 11.6 Å². The number of benzene rings is 1. The van der Waals surface area contributed by atoms with Crippen LogP contribution in [0.15, 0.2) is 12.1 Å². The van der Waals surface area contributed by atoms with E-state index in [1.54, 1.807) is 7.11 Å². The van der Waals surface area contributed by atoms with Gasteiger partial charge < -0.3 is 15.0 Å². The summed E-state index contributed by atoms with van der Waals surface area (Å²) in [5.74, 6) is 0.813. The molecule has 0 radical (unpaired) electrons. The van der Waals surface area contributed by atoms with Crippen LogP contribution < -0.4 is 10.1 Å². The van der Waals surface area contributed by atoms with E-state index in [4.69, 9.17) is 16.3 Å². The van der Waals surface area contributed by atoms with Crippen LogP contribution >= 0.6 is 11.6 Å². The molecule has 1 aromatic carbocycles. The quantitative estimate of drug-likeness (QED) is 0.911. The number of likely N-dealkylation sites (N-methyl/N-ethyl adjacent to an activating group) is 1. The third-order valence-corrected chi connectivity index (χ3v) is 4.13. The Morgan fingerprint density at radius 2 is 2.17 bits per heavy atom. The minimum atomic E-state index is 0.472. The second-order valence-corrected chi connectivity index (χ2v) is 5.57. The number of anilines is 1. The Kier molecular flexibility index (Phi) is 4.03. The Morgan fingerprint density at radius 3 is 2.72 bits per heavy atom. The topological polar surface area (TPSA) is 24.5 Å². The van der Waals surface area contributed by atoms with Gasteiger partial charge in [0.2, 0.25) is 0 Å². The molecule has 1 aromatic rings. The highest BCUT2D eigenvalue weighted by atomic mass is 35.5. The molecule has 18 heavy (non-hydrogen) atoms. The van der Waals surface area contributed by atoms with E-state index in [0.717, 1.165) is 35.0 Å². The molecule has 1 fully saturated rings. The standard InChI is InChI=1S/C14H21ClN2O/c1-9-5-13(14(18-4)7-12(9)15)16-11-6-10(2)17(3)8-11/h5,7,10-11,16H,6,8H2,1-4H3. The number of aryl methyl sites for hydroxylation is 1. The van der Waals surface area contributed by atoms with Gasteiger partial charge in [-0.25, -0.2) is 0 Å². The molecule has 1 N–H and O–H groups in total. The SMILES string of the molecule is COc1cc(Cl)c(C)cc1NC1CC(C)N(C)C1. The monoisotopic (exact) mass is 268 g/mol. The van der Waals surface area contributed by atoms with Crippen molar-refractivity contribution in [2.45, 2.75) is 32.4 Å². The van der Waals surface area contributed by atoms with E-state index in [0.29, 0.717) is 12.1 Å². The Balaban J connectivity index is 2.16. The fraction of sp³-hybridized carbons (Fsp3) is 0.571. The maximum Gasteiger partial charge on any atom is 0.143 e. The number of methoxy groups -OCH3 is 1. The Labute approximate surface area is 114 Å². The Morgan fingerprint density at radius 1 is 1.44 bits per heavy atom. The van der Waals surface area contributed by atoms with Gasteiger partial charge >= 0.3 is 0 Å². The van der Waals surface area contributed by atoms with Crippen molar-refractivity contribution < 1.29 is 4.74 Å². The van der Waals surface area contributed by atoms with Gasteiger partial charge in [0.15, 0.2) is 0 Å². The molecule has 2 atom stereocenters. The van der Waals surface area contributed by atoms with Crippen molar-refractivity contribution in [3.8, 4) is 5.75 Å². The molecule has 1 aliphatic heterocycles. The fourth-order valence-corrected chi connectivity index (χ4v) is 2.62. The molecule has 2 rings (SSSR count). The second-order valence-electron chi connectivity index (χ2n) is 5.17. The van der Waals surface area contributed by atoms with Gasteiger partial charge in [0.1, 0.15) is 5.75 Å². The van der Waals surface area contributed by atoms with Crippen molar-refractivity contribution in [1.29, 1.82) is 0 Å². The van der Waals surface area contributed by atoms with E-state index in [1.165, 1.54) is 0 Å². The third-order valence-electron chi connectivity index (χ3n) is 3.73. The summed E-state index contributed by atoms with van der Waals surface area (Å²) in [6.45, 7) is 5.33. The number of hydrogen-bond acceptors (Lipinski definition) is 3. The Bertz CT molecular complexity index is 426. The van der Waals surface area contributed by atoms with Crippen LogP contribution in [0.4, 0.5) is 5.69 Å². The number of halogens is 1. The van der Waals surface area contributed by atoms with Crippen LogP contribution in [0.5, 0.6) is 5.75 Å². The summed E-state index contributed by atoms with van der Waals surface area (Å²) >= 11 is 6.11. The van der Waals surface area contributed by atoms with E-state index < -0.39 is 0 Å². The van der Waals surface area contributed by atoms with Gasteiger partial charge in [-0.3, -0.25) is 0 Å². The number of nitrogens with zero attached hydrogens (tertiary/aromatic N) is 1. The summed E-state index contributed by atoms with van der Waals surface area (Å²) in [7, 11) is 3.84. The van der Waals surface area contributed by atoms with Gasteiger partial charge in [-0.05, 0) is 38.9 Å². The van der Waals surface area contributed by atoms with E-state index in [2.05, 4.69) is 30.3 Å². The van der Waals surface area contributed by atoms with Gasteiger partial charge in [-0.15, -0.1) is 0 Å². The molecule has 0 bridgehead atoms. The number of hydrogen-bond donors (Lipinski definition) is 1. The predicted molar refractivity (Wildman–Crippen MR) is 76.9 cm³/mol. The van der Waals surface area contributed by atoms with Crippen LogP contribution in [0, 0.1) is 6.92 Å². The van der Waals surface area contributed by atoms with Crippen molar-refractivity contribution in [2.75, 3.05) is 26.0 Å². The molecule has 2 unspecified atom stereocenters. The molecule has 0 saturated carbocycles. The summed E-state index contributed by atoms with van der Waals surface area (Å²) in [6.07, 6.45) is 1.15. The lowest BCUT2D eigenvalue weighted by Gasteiger charge is -2.18. The summed E-state index contributed by atoms with van der Waals surface area (Å²) < 4.78 is 5.38. The fourth-order valence-electron chi connectivity index (χ4n) is 2.46. The first-order valence-electron chi connectivity index (χ1n) is 6.32. The average molecular weight is 269 g/mol. The molecular formula is C14H21ClN2O. The summed E-state index contributed by atoms with van der Waals surface area (Å²) in [5.41, 5.74) is 2.10. The van der Waals surface area contributed by atoms with E-state index in [-0.39, 0.29) is 0 Å². The number of nitrogens with one attached hydrogen (secondary N) is 1. The largest absolute Gasteiger partial charge is 0.495 e. The van der Waals surface area contributed by atoms with E-state index >= 15 is 0 Å². The van der Waals surface area contributed by atoms with Crippen LogP contribution in [-0.2, 0) is 0 Å². The van der Waals surface area contributed by atoms with Crippen LogP contribution in [-0.4, -0.2) is 37.7 Å². The first kappa shape index (κ1) is 13.5. The minimum absolute atomic E-state index is 0.472. The lowest BCUT2D eigenvalue weighted by atomic mass is 10.1. The molecule has 1 saturated heterocycles. The van der Waals surface area contributed by atoms with Gasteiger partial charge in [0.25, 0.3) is 0 Å². The summed E-state index contributed by atoms with van der Waals surface area (Å²) in [6, 6.07) is 5.03.